The molecule has 5 aliphatic rings. The molecule has 0 bridgehead atoms. The minimum atomic E-state index is -0.129. The lowest BCUT2D eigenvalue weighted by molar-refractivity contribution is 0.280. The quantitative estimate of drug-likeness (QED) is 0.165. The van der Waals surface area contributed by atoms with Gasteiger partial charge in [0, 0.05) is 33.9 Å². The van der Waals surface area contributed by atoms with Crippen molar-refractivity contribution in [2.75, 3.05) is 9.80 Å². The third-order valence-electron chi connectivity index (χ3n) is 19.6. The fraction of sp³-hybridized carbons (Fsp3) is 0.514. The van der Waals surface area contributed by atoms with Crippen molar-refractivity contribution in [3.05, 3.63) is 135 Å². The van der Waals surface area contributed by atoms with Crippen molar-refractivity contribution in [2.45, 2.75) is 233 Å². The van der Waals surface area contributed by atoms with E-state index in [4.69, 9.17) is 4.42 Å². The second-order valence-corrected chi connectivity index (χ2v) is 31.1. The summed E-state index contributed by atoms with van der Waals surface area (Å²) in [5.74, 6) is 2.16. The molecule has 0 spiro atoms. The van der Waals surface area contributed by atoms with Gasteiger partial charge in [-0.2, -0.15) is 0 Å². The van der Waals surface area contributed by atoms with E-state index >= 15 is 0 Å². The number of anilines is 6. The second kappa shape index (κ2) is 15.8. The Hall–Kier alpha value is -4.96. The highest BCUT2D eigenvalue weighted by atomic mass is 16.4. The average molecular weight is 985 g/mol. The molecule has 1 aromatic heterocycles. The van der Waals surface area contributed by atoms with Crippen LogP contribution in [0.4, 0.5) is 34.3 Å². The molecular formula is C70H89BN2O. The Kier molecular flexibility index (Phi) is 10.9. The topological polar surface area (TPSA) is 19.6 Å². The summed E-state index contributed by atoms with van der Waals surface area (Å²) in [6.45, 7) is 50.9. The predicted molar refractivity (Wildman–Crippen MR) is 320 cm³/mol. The zero-order valence-electron chi connectivity index (χ0n) is 49.7. The van der Waals surface area contributed by atoms with Gasteiger partial charge in [-0.05, 0) is 196 Å². The lowest BCUT2D eigenvalue weighted by Gasteiger charge is -2.47. The summed E-state index contributed by atoms with van der Waals surface area (Å²) >= 11 is 0. The molecular weight excluding hydrogens is 896 g/mol. The van der Waals surface area contributed by atoms with Crippen LogP contribution in [-0.4, -0.2) is 6.71 Å². The smallest absolute Gasteiger partial charge is 0.256 e. The Labute approximate surface area is 448 Å². The molecule has 74 heavy (non-hydrogen) atoms. The summed E-state index contributed by atoms with van der Waals surface area (Å²) in [7, 11) is 0. The van der Waals surface area contributed by atoms with Crippen LogP contribution in [0, 0.1) is 0 Å². The summed E-state index contributed by atoms with van der Waals surface area (Å²) in [4.78, 5) is 5.31. The highest BCUT2D eigenvalue weighted by Crippen LogP contribution is 2.56. The molecule has 5 aromatic carbocycles. The van der Waals surface area contributed by atoms with Crippen molar-refractivity contribution >= 4 is 57.4 Å². The van der Waals surface area contributed by atoms with Crippen LogP contribution in [-0.2, 0) is 48.7 Å². The molecule has 0 atom stereocenters. The number of rotatable bonds is 3. The maximum absolute atomic E-state index is 7.80. The second-order valence-electron chi connectivity index (χ2n) is 31.1. The lowest BCUT2D eigenvalue weighted by atomic mass is 9.32. The van der Waals surface area contributed by atoms with Gasteiger partial charge in [0.05, 0.1) is 0 Å². The van der Waals surface area contributed by atoms with Crippen LogP contribution in [0.3, 0.4) is 0 Å². The first kappa shape index (κ1) is 51.2. The lowest BCUT2D eigenvalue weighted by Crippen LogP contribution is -2.63. The van der Waals surface area contributed by atoms with Gasteiger partial charge < -0.3 is 9.32 Å². The van der Waals surface area contributed by atoms with Crippen molar-refractivity contribution < 1.29 is 4.42 Å². The number of nitrogens with zero attached hydrogens (tertiary/aromatic N) is 2. The molecule has 3 aliphatic carbocycles. The van der Waals surface area contributed by atoms with Crippen molar-refractivity contribution in [3.63, 3.8) is 0 Å². The van der Waals surface area contributed by atoms with E-state index in [2.05, 4.69) is 240 Å². The largest absolute Gasteiger partial charge is 0.444 e. The fourth-order valence-electron chi connectivity index (χ4n) is 14.1. The van der Waals surface area contributed by atoms with Gasteiger partial charge in [-0.25, -0.2) is 0 Å². The molecule has 0 N–H and O–H groups in total. The Morgan fingerprint density at radius 2 is 0.865 bits per heavy atom. The van der Waals surface area contributed by atoms with Crippen LogP contribution in [0.5, 0.6) is 0 Å². The Morgan fingerprint density at radius 1 is 0.392 bits per heavy atom. The van der Waals surface area contributed by atoms with Gasteiger partial charge in [0.15, 0.2) is 5.88 Å². The van der Waals surface area contributed by atoms with E-state index in [9.17, 15) is 0 Å². The van der Waals surface area contributed by atoms with E-state index in [1.807, 2.05) is 0 Å². The number of hydrogen-bond acceptors (Lipinski definition) is 3. The van der Waals surface area contributed by atoms with E-state index in [0.29, 0.717) is 0 Å². The molecule has 0 amide bonds. The number of furan rings is 1. The third-order valence-corrected chi connectivity index (χ3v) is 19.6. The molecule has 0 fully saturated rings. The minimum Gasteiger partial charge on any atom is -0.444 e. The highest BCUT2D eigenvalue weighted by Gasteiger charge is 2.54. The van der Waals surface area contributed by atoms with Crippen LogP contribution in [0.2, 0.25) is 0 Å². The molecule has 3 heterocycles. The van der Waals surface area contributed by atoms with Crippen LogP contribution < -0.4 is 26.2 Å². The molecule has 11 rings (SSSR count). The number of hydrogen-bond donors (Lipinski definition) is 0. The zero-order valence-corrected chi connectivity index (χ0v) is 49.7. The molecule has 388 valence electrons. The van der Waals surface area contributed by atoms with Crippen molar-refractivity contribution in [1.82, 2.24) is 0 Å². The van der Waals surface area contributed by atoms with Gasteiger partial charge in [-0.1, -0.05) is 188 Å². The molecule has 2 aliphatic heterocycles. The van der Waals surface area contributed by atoms with Gasteiger partial charge in [0.2, 0.25) is 0 Å². The van der Waals surface area contributed by atoms with Crippen LogP contribution >= 0.6 is 0 Å². The monoisotopic (exact) mass is 985 g/mol. The maximum Gasteiger partial charge on any atom is 0.256 e. The maximum atomic E-state index is 7.80. The van der Waals surface area contributed by atoms with Crippen LogP contribution in [0.25, 0.3) is 11.1 Å². The van der Waals surface area contributed by atoms with Crippen molar-refractivity contribution in [1.29, 1.82) is 0 Å². The number of benzene rings is 5. The molecule has 0 saturated heterocycles. The van der Waals surface area contributed by atoms with E-state index in [1.165, 1.54) is 113 Å². The molecule has 0 saturated carbocycles. The molecule has 4 heteroatoms. The van der Waals surface area contributed by atoms with Crippen molar-refractivity contribution in [2.24, 2.45) is 0 Å². The Morgan fingerprint density at radius 3 is 1.41 bits per heavy atom. The Balaban J connectivity index is 1.34. The summed E-state index contributed by atoms with van der Waals surface area (Å²) < 4.78 is 7.80. The predicted octanol–water partition coefficient (Wildman–Crippen LogP) is 18.0. The van der Waals surface area contributed by atoms with Gasteiger partial charge in [-0.15, -0.1) is 0 Å². The summed E-state index contributed by atoms with van der Waals surface area (Å²) in [5.41, 5.74) is 24.2. The van der Waals surface area contributed by atoms with E-state index in [1.54, 1.807) is 0 Å². The van der Waals surface area contributed by atoms with E-state index < -0.39 is 0 Å². The standard InChI is InChI=1S/C70H89BN2O/c1-62(2,3)44-23-25-47(26-24-44)73-56-36-43(42-22-27-49-50(34-42)66(12,13)29-28-65(49,10)11)35-55-58(56)71(59-57-60(74-61(59)73)70(20,21)33-32-69(57,18)19)53-40-51-52(68(16,17)31-30-67(51,14)15)41-54(53)72(55)48-38-45(63(4,5)6)37-46(39-48)64(7,8)9/h22-27,34-41H,28-33H2,1-21H3. The summed E-state index contributed by atoms with van der Waals surface area (Å²) in [6.07, 6.45) is 6.88. The van der Waals surface area contributed by atoms with Crippen LogP contribution in [0.15, 0.2) is 89.3 Å². The summed E-state index contributed by atoms with van der Waals surface area (Å²) in [6, 6.07) is 35.1. The van der Waals surface area contributed by atoms with E-state index in [0.717, 1.165) is 37.3 Å². The first-order chi connectivity index (χ1) is 34.0. The van der Waals surface area contributed by atoms with Gasteiger partial charge in [-0.3, -0.25) is 4.90 Å². The SMILES string of the molecule is CC(C)(C)c1ccc(N2c3cc(-c4ccc5c(c4)C(C)(C)CCC5(C)C)cc4c3B(c3cc5c(cc3N4c3cc(C(C)(C)C)cc(C(C)(C)C)c3)C(C)(C)CCC5(C)C)c3c2oc2c3C(C)(C)CCC2(C)C)cc1. The van der Waals surface area contributed by atoms with Crippen molar-refractivity contribution in [3.8, 4) is 11.1 Å². The third kappa shape index (κ3) is 7.85. The van der Waals surface area contributed by atoms with Gasteiger partial charge in [0.25, 0.3) is 6.71 Å². The number of fused-ring (bicyclic) bond motifs is 8. The van der Waals surface area contributed by atoms with Gasteiger partial charge in [0.1, 0.15) is 5.76 Å². The highest BCUT2D eigenvalue weighted by molar-refractivity contribution is 7.00. The first-order valence-corrected chi connectivity index (χ1v) is 28.6. The average Bonchev–Trinajstić information content (AvgIpc) is 3.72. The van der Waals surface area contributed by atoms with Crippen LogP contribution in [0.1, 0.15) is 234 Å². The zero-order chi connectivity index (χ0) is 53.6. The normalized spacial score (nSPS) is 20.5. The molecule has 3 nitrogen and oxygen atoms in total. The molecule has 6 aromatic rings. The first-order valence-electron chi connectivity index (χ1n) is 28.6. The fourth-order valence-corrected chi connectivity index (χ4v) is 14.1. The Bertz CT molecular complexity index is 3260. The molecule has 0 unspecified atom stereocenters. The van der Waals surface area contributed by atoms with Gasteiger partial charge >= 0.3 is 0 Å². The molecule has 0 radical (unpaired) electrons. The minimum absolute atomic E-state index is 0.0148. The summed E-state index contributed by atoms with van der Waals surface area (Å²) in [5, 5.41) is 0. The van der Waals surface area contributed by atoms with E-state index in [-0.39, 0.29) is 55.4 Å².